The second-order valence-electron chi connectivity index (χ2n) is 5.80. The maximum atomic E-state index is 4.96. The first-order valence-corrected chi connectivity index (χ1v) is 9.79. The molecule has 4 rings (SSSR count). The van der Waals surface area contributed by atoms with Gasteiger partial charge < -0.3 is 0 Å². The Kier molecular flexibility index (Phi) is 4.68. The molecule has 0 spiro atoms. The number of nitrogens with zero attached hydrogens (tertiary/aromatic N) is 1. The maximum absolute atomic E-state index is 4.96. The van der Waals surface area contributed by atoms with Gasteiger partial charge in [0.25, 0.3) is 0 Å². The number of thiazole rings is 1. The molecule has 25 heavy (non-hydrogen) atoms. The van der Waals surface area contributed by atoms with Gasteiger partial charge in [0.2, 0.25) is 0 Å². The summed E-state index contributed by atoms with van der Waals surface area (Å²) < 4.78 is 0. The lowest BCUT2D eigenvalue weighted by molar-refractivity contribution is 1.20. The Hall–Kier alpha value is -2.36. The number of rotatable bonds is 4. The van der Waals surface area contributed by atoms with E-state index in [0.717, 1.165) is 10.0 Å². The normalized spacial score (nSPS) is 10.8. The van der Waals surface area contributed by atoms with Gasteiger partial charge in [-0.3, -0.25) is 0 Å². The predicted molar refractivity (Wildman–Crippen MR) is 108 cm³/mol. The Balaban J connectivity index is 1.78. The number of hydrogen-bond donors (Lipinski definition) is 0. The van der Waals surface area contributed by atoms with Crippen LogP contribution < -0.4 is 0 Å². The van der Waals surface area contributed by atoms with Crippen LogP contribution in [-0.2, 0) is 0 Å². The molecule has 1 aromatic heterocycles. The molecule has 3 aromatic carbocycles. The summed E-state index contributed by atoms with van der Waals surface area (Å²) in [6, 6.07) is 29.5. The van der Waals surface area contributed by atoms with Gasteiger partial charge in [0.15, 0.2) is 0 Å². The van der Waals surface area contributed by atoms with Crippen molar-refractivity contribution < 1.29 is 0 Å². The number of hydrogen-bond acceptors (Lipinski definition) is 3. The first-order valence-electron chi connectivity index (χ1n) is 8.16. The van der Waals surface area contributed by atoms with Gasteiger partial charge in [-0.05, 0) is 24.6 Å². The van der Waals surface area contributed by atoms with E-state index in [-0.39, 0.29) is 0 Å². The Labute approximate surface area is 156 Å². The molecule has 0 bridgehead atoms. The fraction of sp³-hybridized carbons (Fsp3) is 0.0455. The molecule has 0 fully saturated rings. The molecule has 4 aromatic rings. The average Bonchev–Trinajstić information content (AvgIpc) is 3.09. The summed E-state index contributed by atoms with van der Waals surface area (Å²) in [6.45, 7) is 2.11. The molecule has 0 atom stereocenters. The molecule has 0 unspecified atom stereocenters. The fourth-order valence-corrected chi connectivity index (χ4v) is 4.69. The zero-order valence-corrected chi connectivity index (χ0v) is 15.5. The summed E-state index contributed by atoms with van der Waals surface area (Å²) in [7, 11) is 0. The molecular formula is C22H17NS2. The molecule has 0 N–H and O–H groups in total. The Morgan fingerprint density at radius 3 is 1.96 bits per heavy atom. The van der Waals surface area contributed by atoms with Crippen LogP contribution in [0.3, 0.4) is 0 Å². The minimum atomic E-state index is 1.06. The van der Waals surface area contributed by atoms with Crippen molar-refractivity contribution in [2.24, 2.45) is 0 Å². The van der Waals surface area contributed by atoms with Gasteiger partial charge in [0.1, 0.15) is 10.0 Å². The van der Waals surface area contributed by atoms with Crippen LogP contribution in [0.4, 0.5) is 0 Å². The van der Waals surface area contributed by atoms with E-state index in [9.17, 15) is 0 Å². The van der Waals surface area contributed by atoms with E-state index in [1.807, 2.05) is 6.07 Å². The van der Waals surface area contributed by atoms with E-state index in [1.54, 1.807) is 23.1 Å². The van der Waals surface area contributed by atoms with Crippen LogP contribution in [0.2, 0.25) is 0 Å². The van der Waals surface area contributed by atoms with Crippen LogP contribution >= 0.6 is 23.1 Å². The molecule has 1 heterocycles. The molecule has 3 heteroatoms. The third kappa shape index (κ3) is 3.68. The van der Waals surface area contributed by atoms with E-state index in [4.69, 9.17) is 4.98 Å². The molecule has 0 aliphatic heterocycles. The third-order valence-electron chi connectivity index (χ3n) is 3.89. The fourth-order valence-electron chi connectivity index (χ4n) is 2.57. The highest BCUT2D eigenvalue weighted by Gasteiger charge is 2.15. The van der Waals surface area contributed by atoms with E-state index in [0.29, 0.717) is 0 Å². The van der Waals surface area contributed by atoms with Crippen LogP contribution in [0.25, 0.3) is 21.0 Å². The van der Waals surface area contributed by atoms with Crippen molar-refractivity contribution in [2.45, 2.75) is 16.8 Å². The maximum Gasteiger partial charge on any atom is 0.125 e. The van der Waals surface area contributed by atoms with Crippen LogP contribution in [0, 0.1) is 6.92 Å². The van der Waals surface area contributed by atoms with Crippen molar-refractivity contribution in [1.29, 1.82) is 0 Å². The van der Waals surface area contributed by atoms with E-state index in [1.165, 1.54) is 26.5 Å². The predicted octanol–water partition coefficient (Wildman–Crippen LogP) is 6.94. The lowest BCUT2D eigenvalue weighted by Gasteiger charge is -2.03. The van der Waals surface area contributed by atoms with Gasteiger partial charge in [-0.1, -0.05) is 90.1 Å². The van der Waals surface area contributed by atoms with E-state index >= 15 is 0 Å². The van der Waals surface area contributed by atoms with Crippen molar-refractivity contribution in [2.75, 3.05) is 0 Å². The number of aryl methyl sites for hydroxylation is 1. The summed E-state index contributed by atoms with van der Waals surface area (Å²) in [4.78, 5) is 7.40. The van der Waals surface area contributed by atoms with Gasteiger partial charge in [0.05, 0.1) is 4.88 Å². The summed E-state index contributed by atoms with van der Waals surface area (Å²) in [5.41, 5.74) is 3.66. The minimum Gasteiger partial charge on any atom is -0.229 e. The molecule has 0 aliphatic rings. The van der Waals surface area contributed by atoms with Crippen molar-refractivity contribution >= 4 is 23.1 Å². The van der Waals surface area contributed by atoms with Crippen LogP contribution in [0.5, 0.6) is 0 Å². The highest BCUT2D eigenvalue weighted by atomic mass is 32.2. The summed E-state index contributed by atoms with van der Waals surface area (Å²) in [6.07, 6.45) is 0. The first kappa shape index (κ1) is 16.1. The topological polar surface area (TPSA) is 12.9 Å². The van der Waals surface area contributed by atoms with Crippen molar-refractivity contribution in [1.82, 2.24) is 4.98 Å². The van der Waals surface area contributed by atoms with Crippen molar-refractivity contribution in [3.05, 3.63) is 90.5 Å². The SMILES string of the molecule is Cc1ccc(Sc2nc(-c3ccccc3)sc2-c2ccccc2)cc1. The molecule has 0 aliphatic carbocycles. The lowest BCUT2D eigenvalue weighted by Crippen LogP contribution is -1.80. The molecular weight excluding hydrogens is 342 g/mol. The van der Waals surface area contributed by atoms with Gasteiger partial charge >= 0.3 is 0 Å². The number of benzene rings is 3. The van der Waals surface area contributed by atoms with Gasteiger partial charge in [-0.15, -0.1) is 11.3 Å². The molecule has 0 saturated heterocycles. The highest BCUT2D eigenvalue weighted by Crippen LogP contribution is 2.42. The van der Waals surface area contributed by atoms with Crippen LogP contribution in [-0.4, -0.2) is 4.98 Å². The smallest absolute Gasteiger partial charge is 0.125 e. The molecule has 1 nitrogen and oxygen atoms in total. The first-order chi connectivity index (χ1) is 12.3. The largest absolute Gasteiger partial charge is 0.229 e. The Morgan fingerprint density at radius 2 is 1.32 bits per heavy atom. The van der Waals surface area contributed by atoms with E-state index in [2.05, 4.69) is 85.8 Å². The van der Waals surface area contributed by atoms with Crippen LogP contribution in [0.1, 0.15) is 5.56 Å². The zero-order chi connectivity index (χ0) is 17.1. The van der Waals surface area contributed by atoms with Crippen LogP contribution in [0.15, 0.2) is 94.9 Å². The van der Waals surface area contributed by atoms with Crippen molar-refractivity contribution in [3.63, 3.8) is 0 Å². The monoisotopic (exact) mass is 359 g/mol. The Morgan fingerprint density at radius 1 is 0.720 bits per heavy atom. The average molecular weight is 360 g/mol. The molecule has 0 radical (unpaired) electrons. The Bertz CT molecular complexity index is 958. The van der Waals surface area contributed by atoms with Gasteiger partial charge in [-0.2, -0.15) is 0 Å². The second-order valence-corrected chi connectivity index (χ2v) is 7.86. The van der Waals surface area contributed by atoms with Gasteiger partial charge in [-0.25, -0.2) is 4.98 Å². The minimum absolute atomic E-state index is 1.06. The van der Waals surface area contributed by atoms with Crippen molar-refractivity contribution in [3.8, 4) is 21.0 Å². The highest BCUT2D eigenvalue weighted by molar-refractivity contribution is 7.99. The molecule has 122 valence electrons. The zero-order valence-electron chi connectivity index (χ0n) is 13.8. The van der Waals surface area contributed by atoms with E-state index < -0.39 is 0 Å². The quantitative estimate of drug-likeness (QED) is 0.391. The second kappa shape index (κ2) is 7.26. The lowest BCUT2D eigenvalue weighted by atomic mass is 10.2. The third-order valence-corrected chi connectivity index (χ3v) is 6.17. The standard InChI is InChI=1S/C22H17NS2/c1-16-12-14-19(15-13-16)24-22-20(17-8-4-2-5-9-17)25-21(23-22)18-10-6-3-7-11-18/h2-15H,1H3. The summed E-state index contributed by atoms with van der Waals surface area (Å²) in [5.74, 6) is 0. The summed E-state index contributed by atoms with van der Waals surface area (Å²) >= 11 is 3.49. The molecule has 0 amide bonds. The van der Waals surface area contributed by atoms with Gasteiger partial charge in [0, 0.05) is 10.5 Å². The molecule has 0 saturated carbocycles. The summed E-state index contributed by atoms with van der Waals surface area (Å²) in [5, 5.41) is 2.13. The number of aromatic nitrogens is 1.